The molecule has 20 heavy (non-hydrogen) atoms. The fraction of sp³-hybridized carbons (Fsp3) is 0.938. The van der Waals surface area contributed by atoms with Gasteiger partial charge in [-0.25, -0.2) is 0 Å². The lowest BCUT2D eigenvalue weighted by Crippen LogP contribution is -2.55. The van der Waals surface area contributed by atoms with E-state index in [4.69, 9.17) is 0 Å². The van der Waals surface area contributed by atoms with E-state index in [1.807, 2.05) is 0 Å². The highest BCUT2D eigenvalue weighted by molar-refractivity contribution is 5.83. The van der Waals surface area contributed by atoms with E-state index in [0.717, 1.165) is 44.8 Å². The van der Waals surface area contributed by atoms with Crippen molar-refractivity contribution in [3.8, 4) is 0 Å². The van der Waals surface area contributed by atoms with Gasteiger partial charge in [-0.3, -0.25) is 4.79 Å². The molecule has 3 rings (SSSR count). The number of hydrogen-bond donors (Lipinski definition) is 2. The Labute approximate surface area is 122 Å². The van der Waals surface area contributed by atoms with Gasteiger partial charge in [0.05, 0.1) is 5.41 Å². The fourth-order valence-corrected chi connectivity index (χ4v) is 4.32. The SMILES string of the molecule is CCC1(C(=O)NC2CCN3CCCC3C2)CCCNC1. The van der Waals surface area contributed by atoms with E-state index in [1.165, 1.54) is 32.4 Å². The Morgan fingerprint density at radius 1 is 1.35 bits per heavy atom. The molecule has 4 nitrogen and oxygen atoms in total. The van der Waals surface area contributed by atoms with Crippen molar-refractivity contribution in [3.05, 3.63) is 0 Å². The quantitative estimate of drug-likeness (QED) is 0.823. The van der Waals surface area contributed by atoms with Crippen LogP contribution in [0.25, 0.3) is 0 Å². The van der Waals surface area contributed by atoms with Gasteiger partial charge in [-0.05, 0) is 58.0 Å². The molecule has 3 unspecified atom stereocenters. The fourth-order valence-electron chi connectivity index (χ4n) is 4.32. The van der Waals surface area contributed by atoms with Crippen LogP contribution in [0, 0.1) is 5.41 Å². The molecule has 0 aromatic carbocycles. The standard InChI is InChI=1S/C16H29N3O/c1-2-16(7-4-8-17-12-16)15(20)18-13-6-10-19-9-3-5-14(19)11-13/h13-14,17H,2-12H2,1H3,(H,18,20). The van der Waals surface area contributed by atoms with Gasteiger partial charge in [0.1, 0.15) is 0 Å². The Balaban J connectivity index is 1.57. The highest BCUT2D eigenvalue weighted by Crippen LogP contribution is 2.32. The molecule has 3 heterocycles. The van der Waals surface area contributed by atoms with E-state index in [9.17, 15) is 4.79 Å². The maximum Gasteiger partial charge on any atom is 0.227 e. The van der Waals surface area contributed by atoms with Crippen LogP contribution >= 0.6 is 0 Å². The number of amides is 1. The molecule has 3 aliphatic heterocycles. The normalized spacial score (nSPS) is 38.5. The molecule has 0 bridgehead atoms. The summed E-state index contributed by atoms with van der Waals surface area (Å²) in [6.45, 7) is 6.53. The monoisotopic (exact) mass is 279 g/mol. The summed E-state index contributed by atoms with van der Waals surface area (Å²) in [6, 6.07) is 1.14. The third-order valence-corrected chi connectivity index (χ3v) is 5.79. The second-order valence-corrected chi connectivity index (χ2v) is 6.94. The van der Waals surface area contributed by atoms with Crippen molar-refractivity contribution in [2.24, 2.45) is 5.41 Å². The molecule has 3 atom stereocenters. The summed E-state index contributed by atoms with van der Waals surface area (Å²) < 4.78 is 0. The van der Waals surface area contributed by atoms with Gasteiger partial charge >= 0.3 is 0 Å². The van der Waals surface area contributed by atoms with Crippen LogP contribution in [0.1, 0.15) is 51.9 Å². The lowest BCUT2D eigenvalue weighted by Gasteiger charge is -2.39. The highest BCUT2D eigenvalue weighted by atomic mass is 16.2. The number of hydrogen-bond acceptors (Lipinski definition) is 3. The average Bonchev–Trinajstić information content (AvgIpc) is 2.95. The second kappa shape index (κ2) is 6.02. The maximum atomic E-state index is 12.7. The van der Waals surface area contributed by atoms with Crippen molar-refractivity contribution < 1.29 is 4.79 Å². The van der Waals surface area contributed by atoms with Crippen molar-refractivity contribution in [1.29, 1.82) is 0 Å². The van der Waals surface area contributed by atoms with E-state index in [1.54, 1.807) is 0 Å². The molecule has 0 aromatic heterocycles. The molecular weight excluding hydrogens is 250 g/mol. The zero-order chi connectivity index (χ0) is 14.0. The lowest BCUT2D eigenvalue weighted by atomic mass is 9.77. The highest BCUT2D eigenvalue weighted by Gasteiger charge is 2.40. The first-order chi connectivity index (χ1) is 9.73. The van der Waals surface area contributed by atoms with E-state index in [-0.39, 0.29) is 5.41 Å². The molecule has 2 N–H and O–H groups in total. The number of carbonyl (C=O) groups excluding carboxylic acids is 1. The molecule has 1 amide bonds. The Morgan fingerprint density at radius 2 is 2.25 bits per heavy atom. The number of nitrogens with one attached hydrogen (secondary N) is 2. The van der Waals surface area contributed by atoms with Crippen molar-refractivity contribution >= 4 is 5.91 Å². The molecule has 3 saturated heterocycles. The van der Waals surface area contributed by atoms with E-state index >= 15 is 0 Å². The van der Waals surface area contributed by atoms with Gasteiger partial charge in [-0.15, -0.1) is 0 Å². The van der Waals surface area contributed by atoms with Crippen LogP contribution in [0.4, 0.5) is 0 Å². The van der Waals surface area contributed by atoms with Gasteiger partial charge in [0.15, 0.2) is 0 Å². The summed E-state index contributed by atoms with van der Waals surface area (Å²) in [4.78, 5) is 15.4. The third kappa shape index (κ3) is 2.73. The van der Waals surface area contributed by atoms with Crippen molar-refractivity contribution in [2.75, 3.05) is 26.2 Å². The number of piperidine rings is 2. The summed E-state index contributed by atoms with van der Waals surface area (Å²) in [5, 5.41) is 6.80. The average molecular weight is 279 g/mol. The lowest BCUT2D eigenvalue weighted by molar-refractivity contribution is -0.133. The number of nitrogens with zero attached hydrogens (tertiary/aromatic N) is 1. The number of carbonyl (C=O) groups is 1. The van der Waals surface area contributed by atoms with E-state index in [0.29, 0.717) is 11.9 Å². The second-order valence-electron chi connectivity index (χ2n) is 6.94. The predicted octanol–water partition coefficient (Wildman–Crippen LogP) is 1.51. The molecule has 0 aliphatic carbocycles. The van der Waals surface area contributed by atoms with Crippen LogP contribution in [-0.2, 0) is 4.79 Å². The first kappa shape index (κ1) is 14.3. The Hall–Kier alpha value is -0.610. The number of fused-ring (bicyclic) bond motifs is 1. The van der Waals surface area contributed by atoms with Crippen LogP contribution in [0.5, 0.6) is 0 Å². The van der Waals surface area contributed by atoms with Crippen molar-refractivity contribution in [1.82, 2.24) is 15.5 Å². The van der Waals surface area contributed by atoms with Gasteiger partial charge in [0.2, 0.25) is 5.91 Å². The first-order valence-corrected chi connectivity index (χ1v) is 8.49. The third-order valence-electron chi connectivity index (χ3n) is 5.79. The zero-order valence-electron chi connectivity index (χ0n) is 12.8. The zero-order valence-corrected chi connectivity index (χ0v) is 12.8. The predicted molar refractivity (Wildman–Crippen MR) is 80.6 cm³/mol. The van der Waals surface area contributed by atoms with Gasteiger partial charge in [-0.1, -0.05) is 6.92 Å². The van der Waals surface area contributed by atoms with Crippen LogP contribution < -0.4 is 10.6 Å². The van der Waals surface area contributed by atoms with Crippen molar-refractivity contribution in [3.63, 3.8) is 0 Å². The van der Waals surface area contributed by atoms with Crippen molar-refractivity contribution in [2.45, 2.75) is 64.0 Å². The van der Waals surface area contributed by atoms with Gasteiger partial charge in [0, 0.05) is 25.2 Å². The minimum absolute atomic E-state index is 0.148. The van der Waals surface area contributed by atoms with Crippen LogP contribution in [0.15, 0.2) is 0 Å². The first-order valence-electron chi connectivity index (χ1n) is 8.49. The van der Waals surface area contributed by atoms with Crippen LogP contribution in [0.3, 0.4) is 0 Å². The summed E-state index contributed by atoms with van der Waals surface area (Å²) in [5.41, 5.74) is -0.148. The van der Waals surface area contributed by atoms with E-state index in [2.05, 4.69) is 22.5 Å². The largest absolute Gasteiger partial charge is 0.353 e. The molecule has 3 fully saturated rings. The molecule has 114 valence electrons. The van der Waals surface area contributed by atoms with Gasteiger partial charge in [-0.2, -0.15) is 0 Å². The molecular formula is C16H29N3O. The molecule has 0 aromatic rings. The Bertz CT molecular complexity index is 352. The summed E-state index contributed by atoms with van der Waals surface area (Å²) >= 11 is 0. The number of rotatable bonds is 3. The summed E-state index contributed by atoms with van der Waals surface area (Å²) in [7, 11) is 0. The minimum atomic E-state index is -0.148. The molecule has 0 radical (unpaired) electrons. The van der Waals surface area contributed by atoms with Crippen LogP contribution in [0.2, 0.25) is 0 Å². The molecule has 4 heteroatoms. The van der Waals surface area contributed by atoms with E-state index < -0.39 is 0 Å². The molecule has 0 spiro atoms. The Kier molecular flexibility index (Phi) is 4.32. The van der Waals surface area contributed by atoms with Crippen LogP contribution in [-0.4, -0.2) is 49.1 Å². The van der Waals surface area contributed by atoms with Gasteiger partial charge < -0.3 is 15.5 Å². The molecule has 0 saturated carbocycles. The van der Waals surface area contributed by atoms with Gasteiger partial charge in [0.25, 0.3) is 0 Å². The topological polar surface area (TPSA) is 44.4 Å². The molecule has 3 aliphatic rings. The maximum absolute atomic E-state index is 12.7. The smallest absolute Gasteiger partial charge is 0.227 e. The minimum Gasteiger partial charge on any atom is -0.353 e. The Morgan fingerprint density at radius 3 is 3.00 bits per heavy atom. The summed E-state index contributed by atoms with van der Waals surface area (Å²) in [6.07, 6.45) is 8.09. The summed E-state index contributed by atoms with van der Waals surface area (Å²) in [5.74, 6) is 0.309.